The molecule has 0 radical (unpaired) electrons. The smallest absolute Gasteiger partial charge is 0.253 e. The van der Waals surface area contributed by atoms with Gasteiger partial charge < -0.3 is 11.1 Å². The molecule has 5 nitrogen and oxygen atoms in total. The predicted octanol–water partition coefficient (Wildman–Crippen LogP) is 1.20. The van der Waals surface area contributed by atoms with Gasteiger partial charge in [-0.2, -0.15) is 10.2 Å². The molecular weight excluding hydrogens is 228 g/mol. The Balaban J connectivity index is 2.69. The van der Waals surface area contributed by atoms with Gasteiger partial charge in [0.05, 0.1) is 17.0 Å². The molecular formula is C13H22N4O. The summed E-state index contributed by atoms with van der Waals surface area (Å²) in [5.74, 6) is -0.101. The Kier molecular flexibility index (Phi) is 4.78. The molecule has 1 aromatic heterocycles. The van der Waals surface area contributed by atoms with Crippen LogP contribution in [0.4, 0.5) is 0 Å². The number of carbonyl (C=O) groups excluding carboxylic acids is 1. The maximum atomic E-state index is 12.1. The van der Waals surface area contributed by atoms with Crippen molar-refractivity contribution in [2.75, 3.05) is 13.1 Å². The maximum absolute atomic E-state index is 12.1. The zero-order valence-electron chi connectivity index (χ0n) is 11.6. The summed E-state index contributed by atoms with van der Waals surface area (Å²) in [6, 6.07) is 1.76. The highest BCUT2D eigenvalue weighted by molar-refractivity contribution is 5.95. The quantitative estimate of drug-likeness (QED) is 0.822. The Labute approximate surface area is 108 Å². The molecule has 1 amide bonds. The Bertz CT molecular complexity index is 429. The summed E-state index contributed by atoms with van der Waals surface area (Å²) in [7, 11) is 0. The summed E-state index contributed by atoms with van der Waals surface area (Å²) in [4.78, 5) is 12.1. The van der Waals surface area contributed by atoms with Gasteiger partial charge in [-0.05, 0) is 38.3 Å². The van der Waals surface area contributed by atoms with E-state index >= 15 is 0 Å². The molecule has 1 heterocycles. The molecule has 0 aliphatic carbocycles. The van der Waals surface area contributed by atoms with Crippen molar-refractivity contribution >= 4 is 5.91 Å². The standard InChI is InChI=1S/C13H22N4O/c1-9-7-11(10(2)17-16-9)12(18)15-8-13(3,4)5-6-14/h7H,5-6,8,14H2,1-4H3,(H,15,18). The van der Waals surface area contributed by atoms with Gasteiger partial charge in [0.2, 0.25) is 0 Å². The van der Waals surface area contributed by atoms with E-state index < -0.39 is 0 Å². The lowest BCUT2D eigenvalue weighted by Crippen LogP contribution is -2.35. The van der Waals surface area contributed by atoms with Gasteiger partial charge in [-0.15, -0.1) is 0 Å². The van der Waals surface area contributed by atoms with Crippen LogP contribution in [-0.2, 0) is 0 Å². The van der Waals surface area contributed by atoms with E-state index in [2.05, 4.69) is 29.4 Å². The van der Waals surface area contributed by atoms with Crippen LogP contribution in [0, 0.1) is 19.3 Å². The fourth-order valence-corrected chi connectivity index (χ4v) is 1.67. The number of carbonyl (C=O) groups is 1. The molecule has 0 aromatic carbocycles. The van der Waals surface area contributed by atoms with Gasteiger partial charge in [0, 0.05) is 6.54 Å². The van der Waals surface area contributed by atoms with E-state index in [1.807, 2.05) is 6.92 Å². The molecule has 3 N–H and O–H groups in total. The highest BCUT2D eigenvalue weighted by Gasteiger charge is 2.19. The van der Waals surface area contributed by atoms with E-state index in [0.717, 1.165) is 12.1 Å². The Morgan fingerprint density at radius 1 is 1.39 bits per heavy atom. The van der Waals surface area contributed by atoms with Gasteiger partial charge in [-0.1, -0.05) is 13.8 Å². The Morgan fingerprint density at radius 2 is 2.06 bits per heavy atom. The second-order valence-electron chi connectivity index (χ2n) is 5.37. The lowest BCUT2D eigenvalue weighted by atomic mass is 9.89. The number of rotatable bonds is 5. The van der Waals surface area contributed by atoms with E-state index in [-0.39, 0.29) is 11.3 Å². The van der Waals surface area contributed by atoms with Crippen molar-refractivity contribution in [3.63, 3.8) is 0 Å². The SMILES string of the molecule is Cc1cc(C(=O)NCC(C)(C)CCN)c(C)nn1. The van der Waals surface area contributed by atoms with Crippen molar-refractivity contribution < 1.29 is 4.79 Å². The van der Waals surface area contributed by atoms with E-state index in [0.29, 0.717) is 24.3 Å². The first-order chi connectivity index (χ1) is 8.35. The number of nitrogens with one attached hydrogen (secondary N) is 1. The molecule has 18 heavy (non-hydrogen) atoms. The van der Waals surface area contributed by atoms with Crippen LogP contribution < -0.4 is 11.1 Å². The van der Waals surface area contributed by atoms with Crippen molar-refractivity contribution in [3.8, 4) is 0 Å². The monoisotopic (exact) mass is 250 g/mol. The summed E-state index contributed by atoms with van der Waals surface area (Å²) in [6.07, 6.45) is 0.875. The number of hydrogen-bond donors (Lipinski definition) is 2. The number of hydrogen-bond acceptors (Lipinski definition) is 4. The zero-order chi connectivity index (χ0) is 13.8. The molecule has 0 saturated carbocycles. The number of nitrogens with two attached hydrogens (primary N) is 1. The van der Waals surface area contributed by atoms with Gasteiger partial charge in [-0.3, -0.25) is 4.79 Å². The zero-order valence-corrected chi connectivity index (χ0v) is 11.6. The van der Waals surface area contributed by atoms with Crippen molar-refractivity contribution in [2.45, 2.75) is 34.1 Å². The predicted molar refractivity (Wildman–Crippen MR) is 71.3 cm³/mol. The third kappa shape index (κ3) is 4.07. The van der Waals surface area contributed by atoms with E-state index in [1.54, 1.807) is 13.0 Å². The summed E-state index contributed by atoms with van der Waals surface area (Å²) in [5.41, 5.74) is 7.53. The number of aromatic nitrogens is 2. The van der Waals surface area contributed by atoms with Crippen LogP contribution >= 0.6 is 0 Å². The third-order valence-electron chi connectivity index (χ3n) is 2.89. The summed E-state index contributed by atoms with van der Waals surface area (Å²) >= 11 is 0. The molecule has 5 heteroatoms. The molecule has 1 rings (SSSR count). The minimum Gasteiger partial charge on any atom is -0.351 e. The minimum atomic E-state index is -0.101. The van der Waals surface area contributed by atoms with Crippen LogP contribution in [0.1, 0.15) is 42.0 Å². The molecule has 0 unspecified atom stereocenters. The lowest BCUT2D eigenvalue weighted by Gasteiger charge is -2.24. The second kappa shape index (κ2) is 5.91. The molecule has 0 atom stereocenters. The summed E-state index contributed by atoms with van der Waals surface area (Å²) in [5, 5.41) is 10.8. The van der Waals surface area contributed by atoms with E-state index in [1.165, 1.54) is 0 Å². The Morgan fingerprint density at radius 3 is 2.67 bits per heavy atom. The Hall–Kier alpha value is -1.49. The minimum absolute atomic E-state index is 0.00776. The summed E-state index contributed by atoms with van der Waals surface area (Å²) in [6.45, 7) is 9.00. The fraction of sp³-hybridized carbons (Fsp3) is 0.615. The molecule has 0 bridgehead atoms. The van der Waals surface area contributed by atoms with E-state index in [4.69, 9.17) is 5.73 Å². The molecule has 100 valence electrons. The van der Waals surface area contributed by atoms with Crippen LogP contribution in [0.15, 0.2) is 6.07 Å². The van der Waals surface area contributed by atoms with Gasteiger partial charge >= 0.3 is 0 Å². The number of amides is 1. The number of nitrogens with zero attached hydrogens (tertiary/aromatic N) is 2. The van der Waals surface area contributed by atoms with Gasteiger partial charge in [-0.25, -0.2) is 0 Å². The fourth-order valence-electron chi connectivity index (χ4n) is 1.67. The average Bonchev–Trinajstić information content (AvgIpc) is 2.29. The molecule has 0 aliphatic rings. The van der Waals surface area contributed by atoms with Gasteiger partial charge in [0.25, 0.3) is 5.91 Å². The number of aryl methyl sites for hydroxylation is 2. The van der Waals surface area contributed by atoms with Crippen LogP contribution in [0.5, 0.6) is 0 Å². The molecule has 0 saturated heterocycles. The van der Waals surface area contributed by atoms with Crippen LogP contribution in [-0.4, -0.2) is 29.2 Å². The average molecular weight is 250 g/mol. The first-order valence-electron chi connectivity index (χ1n) is 6.15. The molecule has 0 fully saturated rings. The third-order valence-corrected chi connectivity index (χ3v) is 2.89. The van der Waals surface area contributed by atoms with Crippen LogP contribution in [0.3, 0.4) is 0 Å². The highest BCUT2D eigenvalue weighted by atomic mass is 16.1. The normalized spacial score (nSPS) is 11.4. The van der Waals surface area contributed by atoms with Gasteiger partial charge in [0.15, 0.2) is 0 Å². The summed E-state index contributed by atoms with van der Waals surface area (Å²) < 4.78 is 0. The topological polar surface area (TPSA) is 80.9 Å². The molecule has 1 aromatic rings. The first-order valence-corrected chi connectivity index (χ1v) is 6.15. The van der Waals surface area contributed by atoms with Crippen molar-refractivity contribution in [1.29, 1.82) is 0 Å². The second-order valence-corrected chi connectivity index (χ2v) is 5.37. The lowest BCUT2D eigenvalue weighted by molar-refractivity contribution is 0.0933. The first kappa shape index (κ1) is 14.6. The van der Waals surface area contributed by atoms with Crippen molar-refractivity contribution in [2.24, 2.45) is 11.1 Å². The van der Waals surface area contributed by atoms with Crippen LogP contribution in [0.25, 0.3) is 0 Å². The largest absolute Gasteiger partial charge is 0.351 e. The van der Waals surface area contributed by atoms with Gasteiger partial charge in [0.1, 0.15) is 0 Å². The highest BCUT2D eigenvalue weighted by Crippen LogP contribution is 2.18. The maximum Gasteiger partial charge on any atom is 0.253 e. The van der Waals surface area contributed by atoms with Crippen LogP contribution in [0.2, 0.25) is 0 Å². The molecule has 0 aliphatic heterocycles. The van der Waals surface area contributed by atoms with Crippen molar-refractivity contribution in [3.05, 3.63) is 23.0 Å². The van der Waals surface area contributed by atoms with E-state index in [9.17, 15) is 4.79 Å². The van der Waals surface area contributed by atoms with Crippen molar-refractivity contribution in [1.82, 2.24) is 15.5 Å². The molecule has 0 spiro atoms.